The van der Waals surface area contributed by atoms with Gasteiger partial charge in [0.05, 0.1) is 7.11 Å². The van der Waals surface area contributed by atoms with Crippen molar-refractivity contribution in [2.75, 3.05) is 7.11 Å². The van der Waals surface area contributed by atoms with E-state index in [1.165, 1.54) is 22.3 Å². The van der Waals surface area contributed by atoms with E-state index in [0.29, 0.717) is 0 Å². The lowest BCUT2D eigenvalue weighted by atomic mass is 9.93. The van der Waals surface area contributed by atoms with Gasteiger partial charge in [0.25, 0.3) is 0 Å². The minimum Gasteiger partial charge on any atom is -0.496 e. The minimum atomic E-state index is 0.204. The fourth-order valence-electron chi connectivity index (χ4n) is 1.95. The molecule has 0 radical (unpaired) electrons. The molecule has 0 amide bonds. The van der Waals surface area contributed by atoms with Crippen LogP contribution in [0.4, 0.5) is 0 Å². The van der Waals surface area contributed by atoms with E-state index < -0.39 is 0 Å². The topological polar surface area (TPSA) is 35.2 Å². The molecule has 2 N–H and O–H groups in total. The molecule has 0 aliphatic rings. The van der Waals surface area contributed by atoms with Crippen molar-refractivity contribution < 1.29 is 4.74 Å². The molecule has 1 rings (SSSR count). The molecule has 0 aliphatic heterocycles. The van der Waals surface area contributed by atoms with E-state index in [1.54, 1.807) is 7.11 Å². The lowest BCUT2D eigenvalue weighted by molar-refractivity contribution is 0.410. The molecule has 1 aromatic rings. The second-order valence-corrected chi connectivity index (χ2v) is 4.31. The monoisotopic (exact) mass is 207 g/mol. The first kappa shape index (κ1) is 12.1. The Balaban J connectivity index is 3.23. The maximum absolute atomic E-state index is 5.85. The normalized spacial score (nSPS) is 12.7. The first-order chi connectivity index (χ1) is 6.97. The van der Waals surface area contributed by atoms with E-state index >= 15 is 0 Å². The summed E-state index contributed by atoms with van der Waals surface area (Å²) in [5.74, 6) is 0.971. The molecular formula is C13H21NO. The van der Waals surface area contributed by atoms with Gasteiger partial charge in [0, 0.05) is 6.04 Å². The number of benzene rings is 1. The predicted molar refractivity (Wildman–Crippen MR) is 64.6 cm³/mol. The molecular weight excluding hydrogens is 186 g/mol. The highest BCUT2D eigenvalue weighted by molar-refractivity contribution is 5.48. The maximum Gasteiger partial charge on any atom is 0.122 e. The Hall–Kier alpha value is -1.02. The van der Waals surface area contributed by atoms with Crippen molar-refractivity contribution in [2.24, 2.45) is 5.73 Å². The summed E-state index contributed by atoms with van der Waals surface area (Å²) in [6, 6.07) is 2.30. The van der Waals surface area contributed by atoms with Gasteiger partial charge >= 0.3 is 0 Å². The van der Waals surface area contributed by atoms with Crippen LogP contribution in [0.15, 0.2) is 6.07 Å². The Morgan fingerprint density at radius 2 is 1.87 bits per heavy atom. The summed E-state index contributed by atoms with van der Waals surface area (Å²) >= 11 is 0. The van der Waals surface area contributed by atoms with Crippen LogP contribution in [-0.2, 0) is 6.42 Å². The molecule has 0 bridgehead atoms. The van der Waals surface area contributed by atoms with E-state index in [1.807, 2.05) is 6.92 Å². The molecule has 1 aromatic carbocycles. The Kier molecular flexibility index (Phi) is 3.75. The molecule has 2 heteroatoms. The molecule has 0 aromatic heterocycles. The number of ether oxygens (including phenoxy) is 1. The van der Waals surface area contributed by atoms with Crippen LogP contribution in [0.25, 0.3) is 0 Å². The van der Waals surface area contributed by atoms with Gasteiger partial charge in [0.15, 0.2) is 0 Å². The molecule has 0 saturated heterocycles. The Bertz CT molecular complexity index is 356. The molecule has 0 fully saturated rings. The van der Waals surface area contributed by atoms with Crippen molar-refractivity contribution in [3.63, 3.8) is 0 Å². The van der Waals surface area contributed by atoms with Crippen LogP contribution in [0.2, 0.25) is 0 Å². The molecule has 0 heterocycles. The number of hydrogen-bond acceptors (Lipinski definition) is 2. The molecule has 0 spiro atoms. The molecule has 1 unspecified atom stereocenters. The molecule has 84 valence electrons. The van der Waals surface area contributed by atoms with Crippen LogP contribution in [0.3, 0.4) is 0 Å². The Labute approximate surface area is 92.4 Å². The zero-order valence-electron chi connectivity index (χ0n) is 10.3. The number of rotatable bonds is 3. The predicted octanol–water partition coefficient (Wildman–Crippen LogP) is 2.51. The van der Waals surface area contributed by atoms with Gasteiger partial charge in [0.1, 0.15) is 5.75 Å². The Morgan fingerprint density at radius 3 is 2.33 bits per heavy atom. The van der Waals surface area contributed by atoms with Crippen molar-refractivity contribution in [1.82, 2.24) is 0 Å². The molecule has 15 heavy (non-hydrogen) atoms. The minimum absolute atomic E-state index is 0.204. The fourth-order valence-corrected chi connectivity index (χ4v) is 1.95. The highest BCUT2D eigenvalue weighted by Crippen LogP contribution is 2.27. The zero-order chi connectivity index (χ0) is 11.6. The summed E-state index contributed by atoms with van der Waals surface area (Å²) in [7, 11) is 1.71. The summed E-state index contributed by atoms with van der Waals surface area (Å²) in [6.45, 7) is 8.39. The van der Waals surface area contributed by atoms with Gasteiger partial charge in [-0.2, -0.15) is 0 Å². The van der Waals surface area contributed by atoms with Crippen LogP contribution in [-0.4, -0.2) is 13.2 Å². The maximum atomic E-state index is 5.85. The first-order valence-electron chi connectivity index (χ1n) is 5.36. The third kappa shape index (κ3) is 2.51. The van der Waals surface area contributed by atoms with Crippen LogP contribution in [0.5, 0.6) is 5.75 Å². The van der Waals surface area contributed by atoms with Gasteiger partial charge in [-0.25, -0.2) is 0 Å². The summed E-state index contributed by atoms with van der Waals surface area (Å²) in [4.78, 5) is 0. The summed E-state index contributed by atoms with van der Waals surface area (Å²) < 4.78 is 5.34. The number of nitrogens with two attached hydrogens (primary N) is 1. The fraction of sp³-hybridized carbons (Fsp3) is 0.538. The van der Waals surface area contributed by atoms with E-state index in [-0.39, 0.29) is 6.04 Å². The second-order valence-electron chi connectivity index (χ2n) is 4.31. The Morgan fingerprint density at radius 1 is 1.27 bits per heavy atom. The van der Waals surface area contributed by atoms with E-state index in [4.69, 9.17) is 10.5 Å². The molecule has 0 saturated carbocycles. The van der Waals surface area contributed by atoms with Gasteiger partial charge in [-0.3, -0.25) is 0 Å². The van der Waals surface area contributed by atoms with Gasteiger partial charge in [0.2, 0.25) is 0 Å². The molecule has 2 nitrogen and oxygen atoms in total. The van der Waals surface area contributed by atoms with Gasteiger partial charge in [-0.05, 0) is 62.4 Å². The quantitative estimate of drug-likeness (QED) is 0.826. The van der Waals surface area contributed by atoms with Gasteiger partial charge in [-0.1, -0.05) is 0 Å². The van der Waals surface area contributed by atoms with E-state index in [2.05, 4.69) is 26.8 Å². The van der Waals surface area contributed by atoms with Gasteiger partial charge < -0.3 is 10.5 Å². The number of aryl methyl sites for hydroxylation is 1. The van der Waals surface area contributed by atoms with Crippen molar-refractivity contribution in [3.8, 4) is 5.75 Å². The lowest BCUT2D eigenvalue weighted by Gasteiger charge is -2.17. The lowest BCUT2D eigenvalue weighted by Crippen LogP contribution is -2.19. The van der Waals surface area contributed by atoms with Crippen molar-refractivity contribution in [2.45, 2.75) is 40.2 Å². The van der Waals surface area contributed by atoms with Crippen LogP contribution in [0, 0.1) is 20.8 Å². The second kappa shape index (κ2) is 4.67. The van der Waals surface area contributed by atoms with Crippen LogP contribution >= 0.6 is 0 Å². The standard InChI is InChI=1S/C13H21NO/c1-8-6-13(15-5)11(4)10(3)12(8)7-9(2)14/h6,9H,7,14H2,1-5H3. The average molecular weight is 207 g/mol. The summed E-state index contributed by atoms with van der Waals surface area (Å²) in [6.07, 6.45) is 0.933. The van der Waals surface area contributed by atoms with E-state index in [0.717, 1.165) is 12.2 Å². The number of hydrogen-bond donors (Lipinski definition) is 1. The highest BCUT2D eigenvalue weighted by Gasteiger charge is 2.11. The first-order valence-corrected chi connectivity index (χ1v) is 5.36. The van der Waals surface area contributed by atoms with Crippen LogP contribution < -0.4 is 10.5 Å². The highest BCUT2D eigenvalue weighted by atomic mass is 16.5. The molecule has 0 aliphatic carbocycles. The van der Waals surface area contributed by atoms with Crippen molar-refractivity contribution >= 4 is 0 Å². The largest absolute Gasteiger partial charge is 0.496 e. The molecule has 1 atom stereocenters. The van der Waals surface area contributed by atoms with Gasteiger partial charge in [-0.15, -0.1) is 0 Å². The van der Waals surface area contributed by atoms with E-state index in [9.17, 15) is 0 Å². The SMILES string of the molecule is COc1cc(C)c(CC(C)N)c(C)c1C. The summed E-state index contributed by atoms with van der Waals surface area (Å²) in [5, 5.41) is 0. The average Bonchev–Trinajstić information content (AvgIpc) is 2.18. The van der Waals surface area contributed by atoms with Crippen molar-refractivity contribution in [3.05, 3.63) is 28.3 Å². The smallest absolute Gasteiger partial charge is 0.122 e. The van der Waals surface area contributed by atoms with Crippen LogP contribution in [0.1, 0.15) is 29.2 Å². The van der Waals surface area contributed by atoms with Crippen molar-refractivity contribution in [1.29, 1.82) is 0 Å². The zero-order valence-corrected chi connectivity index (χ0v) is 10.3. The summed E-state index contributed by atoms with van der Waals surface area (Å²) in [5.41, 5.74) is 11.0. The third-order valence-corrected chi connectivity index (χ3v) is 2.95. The third-order valence-electron chi connectivity index (χ3n) is 2.95. The number of methoxy groups -OCH3 is 1.